The maximum absolute atomic E-state index is 13.2. The summed E-state index contributed by atoms with van der Waals surface area (Å²) in [5, 5.41) is 0. The first-order valence-corrected chi connectivity index (χ1v) is 10.9. The predicted octanol–water partition coefficient (Wildman–Crippen LogP) is 7.14. The Morgan fingerprint density at radius 3 is 2.41 bits per heavy atom. The molecule has 4 rings (SSSR count). The maximum atomic E-state index is 13.2. The molecule has 1 amide bonds. The molecule has 0 spiro atoms. The molecule has 0 fully saturated rings. The molecule has 0 bridgehead atoms. The van der Waals surface area contributed by atoms with E-state index >= 15 is 0 Å². The van der Waals surface area contributed by atoms with E-state index in [1.807, 2.05) is 61.5 Å². The molecule has 0 radical (unpaired) electrons. The van der Waals surface area contributed by atoms with Gasteiger partial charge in [0, 0.05) is 16.8 Å². The van der Waals surface area contributed by atoms with E-state index in [1.54, 1.807) is 11.8 Å². The Hall–Kier alpha value is -3.72. The number of carbonyl (C=O) groups is 2. The Morgan fingerprint density at radius 1 is 0.969 bits per heavy atom. The number of allylic oxidation sites excluding steroid dienone is 4. The summed E-state index contributed by atoms with van der Waals surface area (Å²) in [5.74, 6) is -0.0235. The summed E-state index contributed by atoms with van der Waals surface area (Å²) < 4.78 is 0. The van der Waals surface area contributed by atoms with Gasteiger partial charge in [0.2, 0.25) is 0 Å². The summed E-state index contributed by atoms with van der Waals surface area (Å²) in [4.78, 5) is 27.0. The predicted molar refractivity (Wildman–Crippen MR) is 133 cm³/mol. The number of ketones is 1. The highest BCUT2D eigenvalue weighted by molar-refractivity contribution is 6.10. The van der Waals surface area contributed by atoms with Crippen LogP contribution in [0.5, 0.6) is 0 Å². The molecule has 1 aliphatic carbocycles. The van der Waals surface area contributed by atoms with Crippen molar-refractivity contribution in [2.24, 2.45) is 0 Å². The molecule has 0 N–H and O–H groups in total. The number of hydrogen-bond donors (Lipinski definition) is 0. The lowest BCUT2D eigenvalue weighted by molar-refractivity contribution is 0.0884. The number of nitrogens with zero attached hydrogens (tertiary/aromatic N) is 1. The molecule has 3 heteroatoms. The number of amides is 1. The minimum absolute atomic E-state index is 0.0156. The van der Waals surface area contributed by atoms with E-state index in [-0.39, 0.29) is 11.7 Å². The number of hydrogen-bond acceptors (Lipinski definition) is 2. The third kappa shape index (κ3) is 4.06. The van der Waals surface area contributed by atoms with E-state index in [9.17, 15) is 9.59 Å². The fourth-order valence-electron chi connectivity index (χ4n) is 4.18. The Balaban J connectivity index is 1.62. The molecule has 0 aromatic heterocycles. The van der Waals surface area contributed by atoms with Gasteiger partial charge in [-0.3, -0.25) is 14.5 Å². The van der Waals surface area contributed by atoms with Crippen LogP contribution in [0.4, 0.5) is 0 Å². The van der Waals surface area contributed by atoms with Crippen LogP contribution in [-0.4, -0.2) is 16.6 Å². The van der Waals surface area contributed by atoms with E-state index in [4.69, 9.17) is 0 Å². The van der Waals surface area contributed by atoms with Gasteiger partial charge in [0.25, 0.3) is 5.91 Å². The zero-order chi connectivity index (χ0) is 22.8. The van der Waals surface area contributed by atoms with E-state index in [0.717, 1.165) is 58.5 Å². The van der Waals surface area contributed by atoms with Gasteiger partial charge in [0.05, 0.1) is 11.3 Å². The summed E-state index contributed by atoms with van der Waals surface area (Å²) in [6, 6.07) is 11.6. The van der Waals surface area contributed by atoms with Crippen LogP contribution in [0.15, 0.2) is 73.5 Å². The van der Waals surface area contributed by atoms with Crippen molar-refractivity contribution in [1.82, 2.24) is 4.90 Å². The van der Waals surface area contributed by atoms with Crippen molar-refractivity contribution in [2.75, 3.05) is 0 Å². The first-order chi connectivity index (χ1) is 15.4. The fraction of sp³-hybridized carbons (Fsp3) is 0.172. The quantitative estimate of drug-likeness (QED) is 0.380. The SMILES string of the molecule is C=C(C)c1ccc(/C=C\c2ccc3c(c2)C(=O)N(C2=CCCCC=C2)C3=C)cc1C(C)=O. The number of fused-ring (bicyclic) bond motifs is 1. The lowest BCUT2D eigenvalue weighted by Crippen LogP contribution is -2.21. The molecule has 2 aromatic carbocycles. The number of benzene rings is 2. The van der Waals surface area contributed by atoms with Crippen molar-refractivity contribution in [2.45, 2.75) is 33.1 Å². The summed E-state index contributed by atoms with van der Waals surface area (Å²) in [6.45, 7) is 11.6. The molecule has 32 heavy (non-hydrogen) atoms. The Morgan fingerprint density at radius 2 is 1.69 bits per heavy atom. The standard InChI is InChI=1S/C29H27NO2/c1-19(2)25-15-13-22(17-27(25)21(4)31)11-12-23-14-16-26-20(3)30(29(32)28(26)18-23)24-9-7-5-6-8-10-24/h7,9-18H,1,3,5-6,8H2,2,4H3/b12-11-. The third-order valence-corrected chi connectivity index (χ3v) is 5.88. The Labute approximate surface area is 189 Å². The maximum Gasteiger partial charge on any atom is 0.263 e. The first kappa shape index (κ1) is 21.5. The van der Waals surface area contributed by atoms with Gasteiger partial charge in [0.15, 0.2) is 5.78 Å². The van der Waals surface area contributed by atoms with Crippen molar-refractivity contribution in [1.29, 1.82) is 0 Å². The third-order valence-electron chi connectivity index (χ3n) is 5.88. The number of rotatable bonds is 5. The van der Waals surface area contributed by atoms with Crippen LogP contribution in [0, 0.1) is 0 Å². The van der Waals surface area contributed by atoms with Crippen molar-refractivity contribution >= 4 is 35.1 Å². The van der Waals surface area contributed by atoms with Gasteiger partial charge in [0.1, 0.15) is 0 Å². The molecule has 1 heterocycles. The molecular weight excluding hydrogens is 394 g/mol. The molecule has 3 nitrogen and oxygen atoms in total. The van der Waals surface area contributed by atoms with Crippen LogP contribution in [0.3, 0.4) is 0 Å². The summed E-state index contributed by atoms with van der Waals surface area (Å²) >= 11 is 0. The van der Waals surface area contributed by atoms with E-state index in [0.29, 0.717) is 11.1 Å². The molecule has 2 aliphatic rings. The Kier molecular flexibility index (Phi) is 5.91. The summed E-state index contributed by atoms with van der Waals surface area (Å²) in [6.07, 6.45) is 13.2. The molecular formula is C29H27NO2. The molecule has 0 saturated carbocycles. The molecule has 2 aromatic rings. The average molecular weight is 422 g/mol. The largest absolute Gasteiger partial charge is 0.294 e. The number of Topliss-reactive ketones (excluding diaryl/α,β-unsaturated/α-hetero) is 1. The topological polar surface area (TPSA) is 37.4 Å². The minimum Gasteiger partial charge on any atom is -0.294 e. The van der Waals surface area contributed by atoms with Crippen LogP contribution in [-0.2, 0) is 0 Å². The lowest BCUT2D eigenvalue weighted by atomic mass is 9.96. The van der Waals surface area contributed by atoms with Crippen LogP contribution in [0.25, 0.3) is 23.4 Å². The van der Waals surface area contributed by atoms with Crippen molar-refractivity contribution < 1.29 is 9.59 Å². The van der Waals surface area contributed by atoms with Gasteiger partial charge < -0.3 is 0 Å². The summed E-state index contributed by atoms with van der Waals surface area (Å²) in [5.41, 5.74) is 7.41. The van der Waals surface area contributed by atoms with Crippen molar-refractivity contribution in [3.05, 3.63) is 107 Å². The van der Waals surface area contributed by atoms with E-state index in [1.165, 1.54) is 0 Å². The molecule has 0 saturated heterocycles. The van der Waals surface area contributed by atoms with Crippen LogP contribution < -0.4 is 0 Å². The zero-order valence-electron chi connectivity index (χ0n) is 18.7. The highest BCUT2D eigenvalue weighted by Crippen LogP contribution is 2.36. The first-order valence-electron chi connectivity index (χ1n) is 10.9. The van der Waals surface area contributed by atoms with Gasteiger partial charge in [-0.05, 0) is 68.0 Å². The van der Waals surface area contributed by atoms with Gasteiger partial charge in [-0.15, -0.1) is 0 Å². The van der Waals surface area contributed by atoms with E-state index in [2.05, 4.69) is 25.3 Å². The van der Waals surface area contributed by atoms with Gasteiger partial charge in [-0.2, -0.15) is 0 Å². The highest BCUT2D eigenvalue weighted by Gasteiger charge is 2.32. The van der Waals surface area contributed by atoms with Crippen LogP contribution in [0.1, 0.15) is 76.1 Å². The van der Waals surface area contributed by atoms with Gasteiger partial charge in [-0.25, -0.2) is 0 Å². The molecule has 0 unspecified atom stereocenters. The summed E-state index contributed by atoms with van der Waals surface area (Å²) in [7, 11) is 0. The molecule has 1 aliphatic heterocycles. The zero-order valence-corrected chi connectivity index (χ0v) is 18.7. The van der Waals surface area contributed by atoms with Crippen LogP contribution >= 0.6 is 0 Å². The van der Waals surface area contributed by atoms with Crippen LogP contribution in [0.2, 0.25) is 0 Å². The minimum atomic E-state index is -0.0391. The second-order valence-electron chi connectivity index (χ2n) is 8.33. The lowest BCUT2D eigenvalue weighted by Gasteiger charge is -2.18. The second kappa shape index (κ2) is 8.80. The van der Waals surface area contributed by atoms with Crippen molar-refractivity contribution in [3.8, 4) is 0 Å². The highest BCUT2D eigenvalue weighted by atomic mass is 16.2. The average Bonchev–Trinajstić information content (AvgIpc) is 2.95. The van der Waals surface area contributed by atoms with E-state index < -0.39 is 0 Å². The molecule has 160 valence electrons. The molecule has 0 atom stereocenters. The fourth-order valence-corrected chi connectivity index (χ4v) is 4.18. The smallest absolute Gasteiger partial charge is 0.263 e. The normalized spacial score (nSPS) is 15.7. The van der Waals surface area contributed by atoms with Gasteiger partial charge >= 0.3 is 0 Å². The Bertz CT molecular complexity index is 1240. The monoisotopic (exact) mass is 421 g/mol. The number of carbonyl (C=O) groups excluding carboxylic acids is 2. The van der Waals surface area contributed by atoms with Gasteiger partial charge in [-0.1, -0.05) is 67.3 Å². The second-order valence-corrected chi connectivity index (χ2v) is 8.33. The van der Waals surface area contributed by atoms with Crippen molar-refractivity contribution in [3.63, 3.8) is 0 Å².